The molecule has 0 aromatic heterocycles. The lowest BCUT2D eigenvalue weighted by molar-refractivity contribution is -0.105. The molecule has 0 atom stereocenters. The maximum Gasteiger partial charge on any atom is 0.251 e. The van der Waals surface area contributed by atoms with Gasteiger partial charge in [-0.2, -0.15) is 0 Å². The van der Waals surface area contributed by atoms with Gasteiger partial charge in [-0.1, -0.05) is 66.4 Å². The Morgan fingerprint density at radius 2 is 1.67 bits per heavy atom. The van der Waals surface area contributed by atoms with E-state index in [1.54, 1.807) is 18.9 Å². The molecule has 0 fully saturated rings. The highest BCUT2D eigenvalue weighted by atomic mass is 32.2. The van der Waals surface area contributed by atoms with Crippen molar-refractivity contribution in [1.29, 1.82) is 0 Å². The van der Waals surface area contributed by atoms with Crippen LogP contribution >= 0.6 is 11.8 Å². The summed E-state index contributed by atoms with van der Waals surface area (Å²) in [6.45, 7) is 2.57. The van der Waals surface area contributed by atoms with Gasteiger partial charge in [0.2, 0.25) is 6.41 Å². The van der Waals surface area contributed by atoms with Gasteiger partial charge in [0.05, 0.1) is 12.8 Å². The Balaban J connectivity index is 0.000000189. The van der Waals surface area contributed by atoms with Crippen LogP contribution in [0, 0.1) is 0 Å². The molecule has 33 heavy (non-hydrogen) atoms. The molecule has 6 heteroatoms. The Kier molecular flexibility index (Phi) is 8.91. The third-order valence-electron chi connectivity index (χ3n) is 4.74. The van der Waals surface area contributed by atoms with E-state index in [9.17, 15) is 9.59 Å². The number of carbonyl (C=O) groups excluding carboxylic acids is 2. The number of nitrogens with one attached hydrogen (secondary N) is 2. The van der Waals surface area contributed by atoms with Gasteiger partial charge >= 0.3 is 0 Å². The zero-order chi connectivity index (χ0) is 23.5. The third-order valence-corrected chi connectivity index (χ3v) is 5.81. The van der Waals surface area contributed by atoms with Crippen LogP contribution < -0.4 is 15.4 Å². The minimum absolute atomic E-state index is 0.00528. The molecule has 0 heterocycles. The lowest BCUT2D eigenvalue weighted by atomic mass is 10.0. The summed E-state index contributed by atoms with van der Waals surface area (Å²) in [6.07, 6.45) is 0.685. The summed E-state index contributed by atoms with van der Waals surface area (Å²) >= 11 is 1.58. The molecule has 4 rings (SSSR count). The second kappa shape index (κ2) is 12.3. The second-order valence-electron chi connectivity index (χ2n) is 6.93. The van der Waals surface area contributed by atoms with E-state index in [0.717, 1.165) is 37.6 Å². The van der Waals surface area contributed by atoms with Crippen molar-refractivity contribution in [1.82, 2.24) is 5.32 Å². The summed E-state index contributed by atoms with van der Waals surface area (Å²) in [6, 6.07) is 29.2. The fraction of sp³-hybridized carbons (Fsp3) is 0.111. The standard InChI is InChI=1S/C14H13NO2S.C13H13NO/c1-17-11-5-4-6-12(9-11)18-14-8-3-2-7-13(14)15-10-16;1-2-14-13(15)12-9-5-7-10-6-3-4-8-11(10)12/h2-10H,1H3,(H,15,16);3-9H,2H2,1H3,(H,14,15). The average Bonchev–Trinajstić information content (AvgIpc) is 2.86. The van der Waals surface area contributed by atoms with E-state index < -0.39 is 0 Å². The van der Waals surface area contributed by atoms with E-state index in [4.69, 9.17) is 4.74 Å². The fourth-order valence-corrected chi connectivity index (χ4v) is 4.17. The van der Waals surface area contributed by atoms with E-state index in [-0.39, 0.29) is 5.91 Å². The molecule has 4 aromatic rings. The number of methoxy groups -OCH3 is 1. The Morgan fingerprint density at radius 3 is 2.45 bits per heavy atom. The molecular weight excluding hydrogens is 432 g/mol. The summed E-state index contributed by atoms with van der Waals surface area (Å²) in [5.74, 6) is 0.815. The molecular formula is C27H26N2O3S. The Hall–Kier alpha value is -3.77. The van der Waals surface area contributed by atoms with Crippen LogP contribution in [-0.2, 0) is 4.79 Å². The third kappa shape index (κ3) is 6.60. The first kappa shape index (κ1) is 23.9. The minimum atomic E-state index is -0.00528. The van der Waals surface area contributed by atoms with Crippen LogP contribution in [0.2, 0.25) is 0 Å². The van der Waals surface area contributed by atoms with Gasteiger partial charge in [-0.15, -0.1) is 0 Å². The van der Waals surface area contributed by atoms with Crippen molar-refractivity contribution in [2.24, 2.45) is 0 Å². The lowest BCUT2D eigenvalue weighted by Gasteiger charge is -2.08. The monoisotopic (exact) mass is 458 g/mol. The highest BCUT2D eigenvalue weighted by molar-refractivity contribution is 7.99. The van der Waals surface area contributed by atoms with Crippen LogP contribution in [-0.4, -0.2) is 26.0 Å². The van der Waals surface area contributed by atoms with Gasteiger partial charge in [-0.25, -0.2) is 0 Å². The van der Waals surface area contributed by atoms with Crippen LogP contribution in [0.15, 0.2) is 101 Å². The van der Waals surface area contributed by atoms with Crippen LogP contribution in [0.5, 0.6) is 5.75 Å². The largest absolute Gasteiger partial charge is 0.497 e. The normalized spacial score (nSPS) is 10.0. The Bertz CT molecular complexity index is 1220. The average molecular weight is 459 g/mol. The van der Waals surface area contributed by atoms with Crippen molar-refractivity contribution in [3.8, 4) is 5.75 Å². The Morgan fingerprint density at radius 1 is 0.939 bits per heavy atom. The molecule has 0 aliphatic heterocycles. The maximum atomic E-state index is 11.7. The van der Waals surface area contributed by atoms with Crippen molar-refractivity contribution in [3.05, 3.63) is 96.6 Å². The number of carbonyl (C=O) groups is 2. The summed E-state index contributed by atoms with van der Waals surface area (Å²) in [4.78, 5) is 24.3. The summed E-state index contributed by atoms with van der Waals surface area (Å²) in [5.41, 5.74) is 1.55. The molecule has 0 unspecified atom stereocenters. The van der Waals surface area contributed by atoms with Crippen molar-refractivity contribution in [2.75, 3.05) is 19.0 Å². The number of benzene rings is 4. The van der Waals surface area contributed by atoms with E-state index in [2.05, 4.69) is 10.6 Å². The van der Waals surface area contributed by atoms with Crippen molar-refractivity contribution >= 4 is 40.5 Å². The van der Waals surface area contributed by atoms with E-state index >= 15 is 0 Å². The molecule has 0 spiro atoms. The molecule has 0 aliphatic rings. The zero-order valence-corrected chi connectivity index (χ0v) is 19.4. The number of anilines is 1. The molecule has 0 saturated heterocycles. The topological polar surface area (TPSA) is 67.4 Å². The highest BCUT2D eigenvalue weighted by Crippen LogP contribution is 2.34. The number of ether oxygens (including phenoxy) is 1. The van der Waals surface area contributed by atoms with Crippen LogP contribution in [0.3, 0.4) is 0 Å². The van der Waals surface area contributed by atoms with Gasteiger partial charge in [0.25, 0.3) is 5.91 Å². The highest BCUT2D eigenvalue weighted by Gasteiger charge is 2.07. The van der Waals surface area contributed by atoms with Crippen molar-refractivity contribution in [2.45, 2.75) is 16.7 Å². The first-order chi connectivity index (χ1) is 16.2. The molecule has 0 saturated carbocycles. The quantitative estimate of drug-likeness (QED) is 0.333. The number of fused-ring (bicyclic) bond motifs is 1. The van der Waals surface area contributed by atoms with E-state index in [1.807, 2.05) is 97.9 Å². The summed E-state index contributed by atoms with van der Waals surface area (Å²) in [5, 5.41) is 7.61. The molecule has 0 aliphatic carbocycles. The number of amides is 2. The molecule has 0 bridgehead atoms. The minimum Gasteiger partial charge on any atom is -0.497 e. The van der Waals surface area contributed by atoms with E-state index in [1.165, 1.54) is 0 Å². The second-order valence-corrected chi connectivity index (χ2v) is 8.04. The SMILES string of the molecule is CCNC(=O)c1cccc2ccccc12.COc1cccc(Sc2ccccc2NC=O)c1. The summed E-state index contributed by atoms with van der Waals surface area (Å²) < 4.78 is 5.19. The van der Waals surface area contributed by atoms with Gasteiger partial charge in [0, 0.05) is 21.9 Å². The van der Waals surface area contributed by atoms with Gasteiger partial charge in [-0.3, -0.25) is 9.59 Å². The molecule has 2 N–H and O–H groups in total. The number of hydrogen-bond acceptors (Lipinski definition) is 4. The van der Waals surface area contributed by atoms with Gasteiger partial charge in [-0.05, 0) is 54.1 Å². The van der Waals surface area contributed by atoms with Crippen molar-refractivity contribution in [3.63, 3.8) is 0 Å². The number of para-hydroxylation sites is 1. The van der Waals surface area contributed by atoms with E-state index in [0.29, 0.717) is 13.0 Å². The molecule has 168 valence electrons. The fourth-order valence-electron chi connectivity index (χ4n) is 3.21. The Labute approximate surface area is 198 Å². The zero-order valence-electron chi connectivity index (χ0n) is 18.6. The lowest BCUT2D eigenvalue weighted by Crippen LogP contribution is -2.22. The van der Waals surface area contributed by atoms with Crippen LogP contribution in [0.25, 0.3) is 10.8 Å². The smallest absolute Gasteiger partial charge is 0.251 e. The molecule has 2 amide bonds. The first-order valence-electron chi connectivity index (χ1n) is 10.5. The predicted molar refractivity (Wildman–Crippen MR) is 135 cm³/mol. The van der Waals surface area contributed by atoms with Crippen LogP contribution in [0.4, 0.5) is 5.69 Å². The molecule has 4 aromatic carbocycles. The first-order valence-corrected chi connectivity index (χ1v) is 11.3. The van der Waals surface area contributed by atoms with Crippen molar-refractivity contribution < 1.29 is 14.3 Å². The number of hydrogen-bond donors (Lipinski definition) is 2. The number of rotatable bonds is 7. The molecule has 5 nitrogen and oxygen atoms in total. The van der Waals surface area contributed by atoms with Gasteiger partial charge in [0.15, 0.2) is 0 Å². The van der Waals surface area contributed by atoms with Gasteiger partial charge < -0.3 is 15.4 Å². The maximum absolute atomic E-state index is 11.7. The van der Waals surface area contributed by atoms with Crippen LogP contribution in [0.1, 0.15) is 17.3 Å². The summed E-state index contributed by atoms with van der Waals surface area (Å²) in [7, 11) is 1.64. The predicted octanol–water partition coefficient (Wildman–Crippen LogP) is 6.00. The molecule has 0 radical (unpaired) electrons. The van der Waals surface area contributed by atoms with Gasteiger partial charge in [0.1, 0.15) is 5.75 Å².